The van der Waals surface area contributed by atoms with Gasteiger partial charge in [0.2, 0.25) is 5.82 Å². The molecule has 4 nitrogen and oxygen atoms in total. The summed E-state index contributed by atoms with van der Waals surface area (Å²) >= 11 is 0. The largest absolute Gasteiger partial charge is 0.422 e. The van der Waals surface area contributed by atoms with Gasteiger partial charge in [0, 0.05) is 23.6 Å². The Balaban J connectivity index is 2.02. The number of nitrogens with zero attached hydrogens (tertiary/aromatic N) is 1. The van der Waals surface area contributed by atoms with E-state index < -0.39 is 40.6 Å². The highest BCUT2D eigenvalue weighted by atomic mass is 19.2. The van der Waals surface area contributed by atoms with E-state index in [9.17, 15) is 26.7 Å². The highest BCUT2D eigenvalue weighted by molar-refractivity contribution is 5.96. The van der Waals surface area contributed by atoms with Crippen molar-refractivity contribution in [1.29, 1.82) is 0 Å². The lowest BCUT2D eigenvalue weighted by Crippen LogP contribution is -2.18. The summed E-state index contributed by atoms with van der Waals surface area (Å²) in [5.41, 5.74) is -0.278. The molecule has 0 spiro atoms. The molecule has 0 aliphatic carbocycles. The average Bonchev–Trinajstić information content (AvgIpc) is 3.07. The molecule has 0 unspecified atom stereocenters. The van der Waals surface area contributed by atoms with Crippen molar-refractivity contribution in [3.05, 3.63) is 64.6 Å². The van der Waals surface area contributed by atoms with Gasteiger partial charge >= 0.3 is 5.97 Å². The second-order valence-electron chi connectivity index (χ2n) is 6.38. The normalized spacial score (nSPS) is 11.4. The Morgan fingerprint density at radius 2 is 1.61 bits per heavy atom. The van der Waals surface area contributed by atoms with Crippen LogP contribution in [0.5, 0.6) is 5.75 Å². The van der Waals surface area contributed by atoms with Gasteiger partial charge in [0.1, 0.15) is 11.3 Å². The minimum absolute atomic E-state index is 0.0542. The molecule has 0 aliphatic heterocycles. The third kappa shape index (κ3) is 3.45. The minimum Gasteiger partial charge on any atom is -0.422 e. The second kappa shape index (κ2) is 7.59. The van der Waals surface area contributed by atoms with Crippen LogP contribution in [0.4, 0.5) is 22.0 Å². The number of halogens is 5. The quantitative estimate of drug-likeness (QED) is 0.231. The van der Waals surface area contributed by atoms with Crippen molar-refractivity contribution in [2.45, 2.75) is 6.42 Å². The van der Waals surface area contributed by atoms with Crippen molar-refractivity contribution in [3.8, 4) is 5.75 Å². The van der Waals surface area contributed by atoms with Gasteiger partial charge in [-0.15, -0.1) is 0 Å². The van der Waals surface area contributed by atoms with Crippen LogP contribution in [0, 0.1) is 29.1 Å². The fourth-order valence-electron chi connectivity index (χ4n) is 2.78. The van der Waals surface area contributed by atoms with E-state index in [0.29, 0.717) is 23.9 Å². The molecule has 0 bridgehead atoms. The molecule has 0 saturated carbocycles. The van der Waals surface area contributed by atoms with Crippen molar-refractivity contribution in [3.63, 3.8) is 0 Å². The number of aromatic amines is 1. The number of fused-ring (bicyclic) bond motifs is 1. The van der Waals surface area contributed by atoms with Gasteiger partial charge < -0.3 is 14.6 Å². The summed E-state index contributed by atoms with van der Waals surface area (Å²) in [6.07, 6.45) is 2.27. The van der Waals surface area contributed by atoms with Crippen LogP contribution in [0.15, 0.2) is 24.4 Å². The van der Waals surface area contributed by atoms with Crippen LogP contribution in [-0.2, 0) is 6.42 Å². The summed E-state index contributed by atoms with van der Waals surface area (Å²) in [7, 11) is 3.75. The van der Waals surface area contributed by atoms with Crippen LogP contribution in [0.1, 0.15) is 15.9 Å². The van der Waals surface area contributed by atoms with Gasteiger partial charge in [-0.05, 0) is 38.2 Å². The standard InChI is InChI=1S/C19H15F5N2O2/c1-26(2)7-6-9-8-25-10-4-3-5-11(12(9)10)28-19(27)13-14(20)16(22)18(24)17(23)15(13)21/h3-5,8,25H,6-7H2,1-2H3. The molecule has 148 valence electrons. The maximum absolute atomic E-state index is 13.9. The predicted octanol–water partition coefficient (Wildman–Crippen LogP) is 4.19. The number of hydrogen-bond donors (Lipinski definition) is 1. The fourth-order valence-corrected chi connectivity index (χ4v) is 2.78. The zero-order valence-corrected chi connectivity index (χ0v) is 14.9. The Morgan fingerprint density at radius 3 is 2.21 bits per heavy atom. The number of hydrogen-bond acceptors (Lipinski definition) is 3. The molecule has 9 heteroatoms. The Kier molecular flexibility index (Phi) is 5.37. The van der Waals surface area contributed by atoms with Gasteiger partial charge in [-0.1, -0.05) is 6.07 Å². The van der Waals surface area contributed by atoms with E-state index >= 15 is 0 Å². The van der Waals surface area contributed by atoms with Crippen molar-refractivity contribution in [2.75, 3.05) is 20.6 Å². The van der Waals surface area contributed by atoms with E-state index in [-0.39, 0.29) is 5.75 Å². The van der Waals surface area contributed by atoms with Gasteiger partial charge in [-0.3, -0.25) is 0 Å². The Morgan fingerprint density at radius 1 is 1.00 bits per heavy atom. The molecule has 28 heavy (non-hydrogen) atoms. The first kappa shape index (κ1) is 19.8. The van der Waals surface area contributed by atoms with E-state index in [2.05, 4.69) is 4.98 Å². The number of carbonyl (C=O) groups excluding carboxylic acids is 1. The van der Waals surface area contributed by atoms with Crippen molar-refractivity contribution < 1.29 is 31.5 Å². The maximum atomic E-state index is 13.9. The molecule has 3 rings (SSSR count). The van der Waals surface area contributed by atoms with Gasteiger partial charge in [0.15, 0.2) is 23.3 Å². The Hall–Kier alpha value is -2.94. The van der Waals surface area contributed by atoms with Gasteiger partial charge in [-0.2, -0.15) is 0 Å². The van der Waals surface area contributed by atoms with Crippen LogP contribution in [0.25, 0.3) is 10.9 Å². The number of benzene rings is 2. The third-order valence-electron chi connectivity index (χ3n) is 4.19. The van der Waals surface area contributed by atoms with Crippen LogP contribution in [-0.4, -0.2) is 36.5 Å². The minimum atomic E-state index is -2.34. The number of carbonyl (C=O) groups is 1. The number of likely N-dealkylation sites (N-methyl/N-ethyl adjacent to an activating group) is 1. The Labute approximate surface area is 156 Å². The van der Waals surface area contributed by atoms with Crippen molar-refractivity contribution >= 4 is 16.9 Å². The fraction of sp³-hybridized carbons (Fsp3) is 0.211. The lowest BCUT2D eigenvalue weighted by molar-refractivity contribution is 0.0723. The first-order valence-corrected chi connectivity index (χ1v) is 8.19. The molecule has 0 aliphatic rings. The van der Waals surface area contributed by atoms with E-state index in [1.54, 1.807) is 12.3 Å². The zero-order valence-electron chi connectivity index (χ0n) is 14.9. The van der Waals surface area contributed by atoms with E-state index in [1.807, 2.05) is 19.0 Å². The molecule has 1 N–H and O–H groups in total. The summed E-state index contributed by atoms with van der Waals surface area (Å²) < 4.78 is 72.7. The first-order chi connectivity index (χ1) is 13.2. The molecular weight excluding hydrogens is 383 g/mol. The van der Waals surface area contributed by atoms with Gasteiger partial charge in [0.05, 0.1) is 0 Å². The molecule has 0 atom stereocenters. The highest BCUT2D eigenvalue weighted by Gasteiger charge is 2.31. The molecule has 0 amide bonds. The lowest BCUT2D eigenvalue weighted by atomic mass is 10.1. The number of rotatable bonds is 5. The number of ether oxygens (including phenoxy) is 1. The van der Waals surface area contributed by atoms with Gasteiger partial charge in [0.25, 0.3) is 0 Å². The smallest absolute Gasteiger partial charge is 0.349 e. The number of aromatic nitrogens is 1. The predicted molar refractivity (Wildman–Crippen MR) is 91.7 cm³/mol. The van der Waals surface area contributed by atoms with Crippen molar-refractivity contribution in [2.24, 2.45) is 0 Å². The summed E-state index contributed by atoms with van der Waals surface area (Å²) in [5, 5.41) is 0.488. The van der Waals surface area contributed by atoms with E-state index in [0.717, 1.165) is 5.56 Å². The molecule has 0 saturated heterocycles. The number of nitrogens with one attached hydrogen (secondary N) is 1. The van der Waals surface area contributed by atoms with Crippen LogP contribution < -0.4 is 4.74 Å². The van der Waals surface area contributed by atoms with Crippen LogP contribution in [0.2, 0.25) is 0 Å². The maximum Gasteiger partial charge on any atom is 0.349 e. The van der Waals surface area contributed by atoms with Crippen LogP contribution in [0.3, 0.4) is 0 Å². The summed E-state index contributed by atoms with van der Waals surface area (Å²) in [6, 6.07) is 4.60. The van der Waals surface area contributed by atoms with Crippen LogP contribution >= 0.6 is 0 Å². The molecule has 2 aromatic carbocycles. The van der Waals surface area contributed by atoms with Gasteiger partial charge in [-0.25, -0.2) is 26.7 Å². The summed E-state index contributed by atoms with van der Waals surface area (Å²) in [4.78, 5) is 17.2. The molecule has 3 aromatic rings. The molecule has 0 fully saturated rings. The summed E-state index contributed by atoms with van der Waals surface area (Å²) in [6.45, 7) is 0.673. The van der Waals surface area contributed by atoms with E-state index in [4.69, 9.17) is 4.74 Å². The third-order valence-corrected chi connectivity index (χ3v) is 4.19. The summed E-state index contributed by atoms with van der Waals surface area (Å²) in [5.74, 6) is -13.0. The number of esters is 1. The second-order valence-corrected chi connectivity index (χ2v) is 6.38. The molecule has 1 heterocycles. The molecule has 1 aromatic heterocycles. The topological polar surface area (TPSA) is 45.3 Å². The average molecular weight is 398 g/mol. The monoisotopic (exact) mass is 398 g/mol. The molecule has 0 radical (unpaired) electrons. The first-order valence-electron chi connectivity index (χ1n) is 8.19. The van der Waals surface area contributed by atoms with E-state index in [1.165, 1.54) is 12.1 Å². The lowest BCUT2D eigenvalue weighted by Gasteiger charge is -2.11. The zero-order chi connectivity index (χ0) is 20.6. The van der Waals surface area contributed by atoms with Crippen molar-refractivity contribution in [1.82, 2.24) is 9.88 Å². The SMILES string of the molecule is CN(C)CCc1c[nH]c2cccc(OC(=O)c3c(F)c(F)c(F)c(F)c3F)c12. The Bertz CT molecular complexity index is 1030. The number of H-pyrrole nitrogens is 1. The highest BCUT2D eigenvalue weighted by Crippen LogP contribution is 2.31. The molecular formula is C19H15F5N2O2.